The van der Waals surface area contributed by atoms with Crippen LogP contribution in [-0.4, -0.2) is 22.8 Å². The van der Waals surface area contributed by atoms with E-state index in [4.69, 9.17) is 21.1 Å². The Morgan fingerprint density at radius 1 is 1.26 bits per heavy atom. The molecule has 1 aromatic heterocycles. The molecule has 2 saturated carbocycles. The van der Waals surface area contributed by atoms with Crippen LogP contribution in [0.5, 0.6) is 5.75 Å². The maximum Gasteiger partial charge on any atom is 0.293 e. The van der Waals surface area contributed by atoms with E-state index in [2.05, 4.69) is 11.1 Å². The summed E-state index contributed by atoms with van der Waals surface area (Å²) in [7, 11) is 0. The van der Waals surface area contributed by atoms with Crippen molar-refractivity contribution in [1.29, 1.82) is 0 Å². The molecule has 2 aliphatic rings. The molecular weight excluding hydrogens is 382 g/mol. The van der Waals surface area contributed by atoms with E-state index in [0.29, 0.717) is 29.1 Å². The minimum atomic E-state index is -0.0177. The second kappa shape index (κ2) is 8.53. The zero-order valence-electron chi connectivity index (χ0n) is 15.0. The molecule has 0 radical (unpaired) electrons. The van der Waals surface area contributed by atoms with E-state index in [0.717, 1.165) is 22.6 Å². The molecule has 2 unspecified atom stereocenters. The Morgan fingerprint density at radius 3 is 2.89 bits per heavy atom. The Labute approximate surface area is 168 Å². The number of halogens is 1. The SMILES string of the molecule is O=COC1CC1c1ccc(OCc2cccnc2SC2CCCC2)c(Cl)c1. The lowest BCUT2D eigenvalue weighted by atomic mass is 10.1. The van der Waals surface area contributed by atoms with Crippen LogP contribution in [0.1, 0.15) is 49.1 Å². The van der Waals surface area contributed by atoms with E-state index in [1.165, 1.54) is 25.7 Å². The summed E-state index contributed by atoms with van der Waals surface area (Å²) in [6.07, 6.45) is 7.85. The molecule has 0 aliphatic heterocycles. The number of carbonyl (C=O) groups is 1. The van der Waals surface area contributed by atoms with E-state index >= 15 is 0 Å². The Bertz CT molecular complexity index is 810. The van der Waals surface area contributed by atoms with Crippen molar-refractivity contribution in [3.05, 3.63) is 52.7 Å². The Hall–Kier alpha value is -1.72. The zero-order valence-corrected chi connectivity index (χ0v) is 16.5. The second-order valence-corrected chi connectivity index (χ2v) is 8.78. The zero-order chi connectivity index (χ0) is 18.6. The molecule has 2 atom stereocenters. The fraction of sp³-hybridized carbons (Fsp3) is 0.429. The molecule has 2 fully saturated rings. The van der Waals surface area contributed by atoms with Gasteiger partial charge in [-0.25, -0.2) is 4.98 Å². The predicted molar refractivity (Wildman–Crippen MR) is 106 cm³/mol. The summed E-state index contributed by atoms with van der Waals surface area (Å²) in [4.78, 5) is 15.0. The lowest BCUT2D eigenvalue weighted by molar-refractivity contribution is -0.129. The number of benzene rings is 1. The molecular formula is C21H22ClNO3S. The van der Waals surface area contributed by atoms with Gasteiger partial charge in [-0.3, -0.25) is 4.79 Å². The number of hydrogen-bond donors (Lipinski definition) is 0. The Kier molecular flexibility index (Phi) is 5.89. The Balaban J connectivity index is 1.39. The number of aromatic nitrogens is 1. The van der Waals surface area contributed by atoms with E-state index in [9.17, 15) is 4.79 Å². The molecule has 1 aromatic carbocycles. The number of thioether (sulfide) groups is 1. The maximum absolute atomic E-state index is 10.4. The van der Waals surface area contributed by atoms with Crippen LogP contribution in [0.15, 0.2) is 41.6 Å². The van der Waals surface area contributed by atoms with Crippen LogP contribution in [0.3, 0.4) is 0 Å². The van der Waals surface area contributed by atoms with Gasteiger partial charge in [-0.2, -0.15) is 0 Å². The third kappa shape index (κ3) is 4.58. The van der Waals surface area contributed by atoms with Crippen molar-refractivity contribution in [3.8, 4) is 5.75 Å². The largest absolute Gasteiger partial charge is 0.487 e. The van der Waals surface area contributed by atoms with Crippen LogP contribution in [0.25, 0.3) is 0 Å². The third-order valence-electron chi connectivity index (χ3n) is 5.16. The van der Waals surface area contributed by atoms with Gasteiger partial charge < -0.3 is 9.47 Å². The first kappa shape index (κ1) is 18.6. The highest BCUT2D eigenvalue weighted by molar-refractivity contribution is 7.99. The predicted octanol–water partition coefficient (Wildman–Crippen LogP) is 5.38. The van der Waals surface area contributed by atoms with Crippen molar-refractivity contribution in [2.24, 2.45) is 0 Å². The first-order valence-corrected chi connectivity index (χ1v) is 10.6. The highest BCUT2D eigenvalue weighted by Crippen LogP contribution is 2.44. The number of carbonyl (C=O) groups excluding carboxylic acids is 1. The molecule has 4 rings (SSSR count). The number of pyridine rings is 1. The lowest BCUT2D eigenvalue weighted by Crippen LogP contribution is -2.02. The molecule has 0 N–H and O–H groups in total. The summed E-state index contributed by atoms with van der Waals surface area (Å²) in [5, 5.41) is 2.31. The number of hydrogen-bond acceptors (Lipinski definition) is 5. The van der Waals surface area contributed by atoms with Crippen LogP contribution < -0.4 is 4.74 Å². The van der Waals surface area contributed by atoms with E-state index in [1.807, 2.05) is 42.2 Å². The van der Waals surface area contributed by atoms with Crippen molar-refractivity contribution in [2.45, 2.75) is 61.0 Å². The summed E-state index contributed by atoms with van der Waals surface area (Å²) in [6.45, 7) is 0.959. The number of ether oxygens (including phenoxy) is 2. The van der Waals surface area contributed by atoms with Crippen molar-refractivity contribution >= 4 is 29.8 Å². The topological polar surface area (TPSA) is 48.4 Å². The van der Waals surface area contributed by atoms with Crippen molar-refractivity contribution < 1.29 is 14.3 Å². The second-order valence-electron chi connectivity index (χ2n) is 7.08. The van der Waals surface area contributed by atoms with Gasteiger partial charge in [0.15, 0.2) is 0 Å². The summed E-state index contributed by atoms with van der Waals surface area (Å²) in [6, 6.07) is 9.82. The molecule has 1 heterocycles. The van der Waals surface area contributed by atoms with Gasteiger partial charge in [0.2, 0.25) is 0 Å². The van der Waals surface area contributed by atoms with Crippen molar-refractivity contribution in [3.63, 3.8) is 0 Å². The molecule has 4 nitrogen and oxygen atoms in total. The van der Waals surface area contributed by atoms with Crippen LogP contribution in [0.2, 0.25) is 5.02 Å². The maximum atomic E-state index is 10.4. The molecule has 6 heteroatoms. The van der Waals surface area contributed by atoms with Crippen molar-refractivity contribution in [1.82, 2.24) is 4.98 Å². The fourth-order valence-corrected chi connectivity index (χ4v) is 5.10. The van der Waals surface area contributed by atoms with Gasteiger partial charge in [-0.1, -0.05) is 36.6 Å². The molecule has 27 heavy (non-hydrogen) atoms. The van der Waals surface area contributed by atoms with Gasteiger partial charge in [0, 0.05) is 22.9 Å². The first-order valence-electron chi connectivity index (χ1n) is 9.36. The van der Waals surface area contributed by atoms with Gasteiger partial charge in [0.05, 0.1) is 5.02 Å². The summed E-state index contributed by atoms with van der Waals surface area (Å²) >= 11 is 8.28. The van der Waals surface area contributed by atoms with Crippen LogP contribution in [0, 0.1) is 0 Å². The first-order chi connectivity index (χ1) is 13.2. The van der Waals surface area contributed by atoms with Gasteiger partial charge in [0.1, 0.15) is 23.5 Å². The van der Waals surface area contributed by atoms with E-state index < -0.39 is 0 Å². The normalized spacial score (nSPS) is 21.8. The smallest absolute Gasteiger partial charge is 0.293 e. The van der Waals surface area contributed by atoms with Gasteiger partial charge in [-0.05, 0) is 43.0 Å². The van der Waals surface area contributed by atoms with Gasteiger partial charge in [-0.15, -0.1) is 11.8 Å². The number of rotatable bonds is 8. The van der Waals surface area contributed by atoms with E-state index in [1.54, 1.807) is 0 Å². The average Bonchev–Trinajstić information content (AvgIpc) is 3.25. The van der Waals surface area contributed by atoms with E-state index in [-0.39, 0.29) is 12.0 Å². The van der Waals surface area contributed by atoms with Crippen molar-refractivity contribution in [2.75, 3.05) is 0 Å². The highest BCUT2D eigenvalue weighted by Gasteiger charge is 2.40. The molecule has 2 aliphatic carbocycles. The average molecular weight is 404 g/mol. The van der Waals surface area contributed by atoms with Gasteiger partial charge in [0.25, 0.3) is 6.47 Å². The monoisotopic (exact) mass is 403 g/mol. The fourth-order valence-electron chi connectivity index (χ4n) is 3.57. The quantitative estimate of drug-likeness (QED) is 0.554. The summed E-state index contributed by atoms with van der Waals surface area (Å²) in [5.41, 5.74) is 2.18. The number of nitrogens with zero attached hydrogens (tertiary/aromatic N) is 1. The van der Waals surface area contributed by atoms with Gasteiger partial charge >= 0.3 is 0 Å². The molecule has 142 valence electrons. The van der Waals surface area contributed by atoms with Crippen LogP contribution in [0.4, 0.5) is 0 Å². The Morgan fingerprint density at radius 2 is 2.11 bits per heavy atom. The van der Waals surface area contributed by atoms with Crippen LogP contribution in [-0.2, 0) is 16.1 Å². The molecule has 0 amide bonds. The summed E-state index contributed by atoms with van der Waals surface area (Å²) in [5.74, 6) is 0.907. The molecule has 2 aromatic rings. The highest BCUT2D eigenvalue weighted by atomic mass is 35.5. The molecule has 0 bridgehead atoms. The molecule has 0 saturated heterocycles. The minimum Gasteiger partial charge on any atom is -0.487 e. The lowest BCUT2D eigenvalue weighted by Gasteiger charge is -2.14. The standard InChI is InChI=1S/C21H22ClNO3S/c22-18-10-14(17-11-20(17)26-13-24)7-8-19(18)25-12-15-4-3-9-23-21(15)27-16-5-1-2-6-16/h3-4,7-10,13,16-17,20H,1-2,5-6,11-12H2. The summed E-state index contributed by atoms with van der Waals surface area (Å²) < 4.78 is 11.0. The minimum absolute atomic E-state index is 0.0177. The molecule has 0 spiro atoms. The third-order valence-corrected chi connectivity index (χ3v) is 6.85. The van der Waals surface area contributed by atoms with Crippen LogP contribution >= 0.6 is 23.4 Å².